The zero-order chi connectivity index (χ0) is 24.1. The van der Waals surface area contributed by atoms with Gasteiger partial charge < -0.3 is 23.9 Å². The third-order valence-corrected chi connectivity index (χ3v) is 5.45. The summed E-state index contributed by atoms with van der Waals surface area (Å²) in [5, 5.41) is 2.57. The summed E-state index contributed by atoms with van der Waals surface area (Å²) in [5.74, 6) is 0.200. The molecule has 3 amide bonds. The van der Waals surface area contributed by atoms with E-state index in [2.05, 4.69) is 26.0 Å². The van der Waals surface area contributed by atoms with Crippen LogP contribution < -0.4 is 14.8 Å². The summed E-state index contributed by atoms with van der Waals surface area (Å²) in [6.45, 7) is 6.16. The predicted octanol–water partition coefficient (Wildman–Crippen LogP) is 4.50. The van der Waals surface area contributed by atoms with Crippen molar-refractivity contribution in [3.8, 4) is 11.5 Å². The van der Waals surface area contributed by atoms with Crippen LogP contribution in [0.5, 0.6) is 11.5 Å². The van der Waals surface area contributed by atoms with E-state index >= 15 is 0 Å². The maximum Gasteiger partial charge on any atom is 0.373 e. The fraction of sp³-hybridized carbons (Fsp3) is 0.348. The molecular weight excluding hydrogens is 496 g/mol. The number of carbonyl (C=O) groups is 3. The van der Waals surface area contributed by atoms with E-state index in [4.69, 9.17) is 13.9 Å². The van der Waals surface area contributed by atoms with Gasteiger partial charge >= 0.3 is 12.0 Å². The third kappa shape index (κ3) is 5.57. The third-order valence-electron chi connectivity index (χ3n) is 4.86. The topological polar surface area (TPSA) is 107 Å². The summed E-state index contributed by atoms with van der Waals surface area (Å²) in [6, 6.07) is 5.87. The van der Waals surface area contributed by atoms with Crippen molar-refractivity contribution in [3.63, 3.8) is 0 Å². The van der Waals surface area contributed by atoms with Crippen molar-refractivity contribution in [2.45, 2.75) is 39.8 Å². The molecule has 0 spiro atoms. The highest BCUT2D eigenvalue weighted by Gasteiger charge is 2.34. The first-order valence-electron chi connectivity index (χ1n) is 10.4. The van der Waals surface area contributed by atoms with Crippen LogP contribution in [0.2, 0.25) is 0 Å². The minimum Gasteiger partial charge on any atom is -0.490 e. The number of hydrogen-bond acceptors (Lipinski definition) is 7. The Bertz CT molecular complexity index is 1090. The molecule has 1 N–H and O–H groups in total. The minimum absolute atomic E-state index is 0.00438. The second kappa shape index (κ2) is 10.6. The highest BCUT2D eigenvalue weighted by Crippen LogP contribution is 2.38. The second-order valence-corrected chi connectivity index (χ2v) is 8.09. The molecule has 176 valence electrons. The number of nitrogens with one attached hydrogen (secondary N) is 1. The van der Waals surface area contributed by atoms with E-state index in [1.54, 1.807) is 18.2 Å². The van der Waals surface area contributed by atoms with E-state index in [1.807, 2.05) is 20.8 Å². The molecule has 10 heteroatoms. The van der Waals surface area contributed by atoms with Gasteiger partial charge in [0.1, 0.15) is 11.5 Å². The first-order valence-corrected chi connectivity index (χ1v) is 11.2. The first kappa shape index (κ1) is 24.4. The molecule has 0 saturated carbocycles. The summed E-state index contributed by atoms with van der Waals surface area (Å²) < 4.78 is 22.3. The van der Waals surface area contributed by atoms with Gasteiger partial charge in [0.2, 0.25) is 5.76 Å². The van der Waals surface area contributed by atoms with Gasteiger partial charge in [0.15, 0.2) is 11.5 Å². The van der Waals surface area contributed by atoms with Crippen molar-refractivity contribution in [2.24, 2.45) is 0 Å². The molecule has 9 nitrogen and oxygen atoms in total. The number of methoxy groups -OCH3 is 1. The zero-order valence-corrected chi connectivity index (χ0v) is 20.4. The highest BCUT2D eigenvalue weighted by molar-refractivity contribution is 9.10. The van der Waals surface area contributed by atoms with Crippen LogP contribution in [0.4, 0.5) is 4.79 Å². The van der Waals surface area contributed by atoms with Crippen LogP contribution in [0.15, 0.2) is 38.9 Å². The number of furan rings is 1. The first-order chi connectivity index (χ1) is 15.8. The number of amides is 3. The van der Waals surface area contributed by atoms with Gasteiger partial charge in [-0.3, -0.25) is 9.69 Å². The van der Waals surface area contributed by atoms with Crippen LogP contribution in [0.1, 0.15) is 49.1 Å². The van der Waals surface area contributed by atoms with E-state index in [0.29, 0.717) is 28.1 Å². The molecule has 1 saturated heterocycles. The number of hydrogen-bond donors (Lipinski definition) is 1. The van der Waals surface area contributed by atoms with Gasteiger partial charge in [0.05, 0.1) is 30.8 Å². The molecular formula is C23H25BrN2O7. The smallest absolute Gasteiger partial charge is 0.373 e. The van der Waals surface area contributed by atoms with Gasteiger partial charge in [-0.2, -0.15) is 0 Å². The largest absolute Gasteiger partial charge is 0.490 e. The molecule has 0 bridgehead atoms. The lowest BCUT2D eigenvalue weighted by Gasteiger charge is -2.18. The predicted molar refractivity (Wildman–Crippen MR) is 123 cm³/mol. The molecule has 2 aromatic rings. The zero-order valence-electron chi connectivity index (χ0n) is 18.8. The maximum atomic E-state index is 12.8. The Morgan fingerprint density at radius 3 is 2.70 bits per heavy atom. The molecule has 33 heavy (non-hydrogen) atoms. The Morgan fingerprint density at radius 1 is 1.27 bits per heavy atom. The molecule has 1 fully saturated rings. The molecule has 0 unspecified atom stereocenters. The van der Waals surface area contributed by atoms with Gasteiger partial charge in [0.25, 0.3) is 5.91 Å². The Kier molecular flexibility index (Phi) is 7.80. The number of nitrogens with zero attached hydrogens (tertiary/aromatic N) is 1. The highest BCUT2D eigenvalue weighted by atomic mass is 79.9. The Morgan fingerprint density at radius 2 is 2.03 bits per heavy atom. The van der Waals surface area contributed by atoms with Gasteiger partial charge in [-0.05, 0) is 72.1 Å². The number of esters is 1. The van der Waals surface area contributed by atoms with Crippen molar-refractivity contribution in [3.05, 3.63) is 51.5 Å². The van der Waals surface area contributed by atoms with Crippen LogP contribution in [0, 0.1) is 0 Å². The summed E-state index contributed by atoms with van der Waals surface area (Å²) in [6.07, 6.45) is 2.38. The lowest BCUT2D eigenvalue weighted by atomic mass is 10.1. The molecule has 1 aliphatic heterocycles. The normalized spacial score (nSPS) is 15.5. The van der Waals surface area contributed by atoms with E-state index in [-0.39, 0.29) is 29.9 Å². The molecule has 1 aliphatic rings. The van der Waals surface area contributed by atoms with Gasteiger partial charge in [0, 0.05) is 0 Å². The van der Waals surface area contributed by atoms with Crippen molar-refractivity contribution < 1.29 is 33.0 Å². The van der Waals surface area contributed by atoms with Crippen molar-refractivity contribution in [2.75, 3.05) is 13.7 Å². The Labute approximate surface area is 199 Å². The van der Waals surface area contributed by atoms with Crippen molar-refractivity contribution >= 4 is 39.9 Å². The van der Waals surface area contributed by atoms with Crippen LogP contribution in [0.25, 0.3) is 6.08 Å². The summed E-state index contributed by atoms with van der Waals surface area (Å²) in [7, 11) is 1.23. The number of halogens is 1. The molecule has 2 heterocycles. The number of rotatable bonds is 9. The lowest BCUT2D eigenvalue weighted by Crippen LogP contribution is -2.30. The molecule has 0 radical (unpaired) electrons. The van der Waals surface area contributed by atoms with E-state index in [0.717, 1.165) is 11.3 Å². The number of ether oxygens (including phenoxy) is 3. The van der Waals surface area contributed by atoms with Gasteiger partial charge in [-0.25, -0.2) is 9.59 Å². The van der Waals surface area contributed by atoms with Gasteiger partial charge in [-0.15, -0.1) is 0 Å². The standard InChI is InChI=1S/C23H25BrN2O7/c1-5-13(3)32-20-16(24)9-14(11-19(20)31-6-2)10-17-21(27)26(23(29)25-17)12-15-7-8-18(33-15)22(28)30-4/h7-11,13H,5-6,12H2,1-4H3,(H,25,29)/b17-10-/t13-/m0/s1. The lowest BCUT2D eigenvalue weighted by molar-refractivity contribution is -0.123. The van der Waals surface area contributed by atoms with Crippen molar-refractivity contribution in [1.29, 1.82) is 0 Å². The summed E-state index contributed by atoms with van der Waals surface area (Å²) in [5.41, 5.74) is 0.739. The van der Waals surface area contributed by atoms with Crippen LogP contribution in [0.3, 0.4) is 0 Å². The molecule has 0 aliphatic carbocycles. The second-order valence-electron chi connectivity index (χ2n) is 7.24. The van der Waals surface area contributed by atoms with E-state index in [1.165, 1.54) is 19.2 Å². The summed E-state index contributed by atoms with van der Waals surface area (Å²) in [4.78, 5) is 37.8. The number of carbonyl (C=O) groups excluding carboxylic acids is 3. The number of imide groups is 1. The maximum absolute atomic E-state index is 12.8. The fourth-order valence-electron chi connectivity index (χ4n) is 3.04. The van der Waals surface area contributed by atoms with Gasteiger partial charge in [-0.1, -0.05) is 6.92 Å². The number of benzene rings is 1. The Hall–Kier alpha value is -3.27. The average Bonchev–Trinajstić information content (AvgIpc) is 3.36. The molecule has 1 atom stereocenters. The van der Waals surface area contributed by atoms with E-state index < -0.39 is 17.9 Å². The number of urea groups is 1. The molecule has 3 rings (SSSR count). The quantitative estimate of drug-likeness (QED) is 0.294. The van der Waals surface area contributed by atoms with Crippen LogP contribution in [-0.4, -0.2) is 42.6 Å². The van der Waals surface area contributed by atoms with Crippen molar-refractivity contribution in [1.82, 2.24) is 10.2 Å². The average molecular weight is 521 g/mol. The molecule has 1 aromatic heterocycles. The van der Waals surface area contributed by atoms with Crippen LogP contribution in [-0.2, 0) is 16.1 Å². The summed E-state index contributed by atoms with van der Waals surface area (Å²) >= 11 is 3.51. The van der Waals surface area contributed by atoms with E-state index in [9.17, 15) is 14.4 Å². The molecule has 1 aromatic carbocycles. The monoisotopic (exact) mass is 520 g/mol. The minimum atomic E-state index is -0.643. The SMILES string of the molecule is CCOc1cc(/C=C2\NC(=O)N(Cc3ccc(C(=O)OC)o3)C2=O)cc(Br)c1O[C@@H](C)CC. The Balaban J connectivity index is 1.83. The fourth-order valence-corrected chi connectivity index (χ4v) is 3.60. The van der Waals surface area contributed by atoms with Crippen LogP contribution >= 0.6 is 15.9 Å².